The summed E-state index contributed by atoms with van der Waals surface area (Å²) in [4.78, 5) is 12.6. The molecule has 0 fully saturated rings. The first kappa shape index (κ1) is 13.4. The van der Waals surface area contributed by atoms with E-state index in [1.807, 2.05) is 0 Å². The van der Waals surface area contributed by atoms with Crippen molar-refractivity contribution in [2.45, 2.75) is 0 Å². The number of para-hydroxylation sites is 1. The maximum Gasteiger partial charge on any atom is 0.152 e. The Labute approximate surface area is 100 Å². The Hall–Kier alpha value is -1.68. The van der Waals surface area contributed by atoms with Crippen molar-refractivity contribution in [2.24, 2.45) is 0 Å². The van der Waals surface area contributed by atoms with Gasteiger partial charge in [-0.05, 0) is 12.1 Å². The number of halogens is 1. The van der Waals surface area contributed by atoms with Crippen LogP contribution in [0, 0.1) is 5.82 Å². The number of carbonyl (C=O) groups excluding carboxylic acids is 1. The van der Waals surface area contributed by atoms with Crippen LogP contribution in [0.1, 0.15) is 10.4 Å². The highest BCUT2D eigenvalue weighted by Crippen LogP contribution is 2.23. The summed E-state index contributed by atoms with van der Waals surface area (Å²) in [6, 6.07) is 4.45. The summed E-state index contributed by atoms with van der Waals surface area (Å²) in [5.74, 6) is -0.410. The van der Waals surface area contributed by atoms with Crippen molar-refractivity contribution in [3.8, 4) is 0 Å². The smallest absolute Gasteiger partial charge is 0.152 e. The Morgan fingerprint density at radius 3 is 2.88 bits per heavy atom. The summed E-state index contributed by atoms with van der Waals surface area (Å²) >= 11 is 0. The first-order chi connectivity index (χ1) is 8.24. The number of ether oxygens (including phenoxy) is 1. The van der Waals surface area contributed by atoms with Gasteiger partial charge in [0.05, 0.1) is 12.3 Å². The van der Waals surface area contributed by atoms with Gasteiger partial charge in [0.2, 0.25) is 0 Å². The fraction of sp³-hybridized carbons (Fsp3) is 0.308. The lowest BCUT2D eigenvalue weighted by Crippen LogP contribution is -2.29. The molecule has 0 aliphatic rings. The van der Waals surface area contributed by atoms with E-state index in [1.54, 1.807) is 24.2 Å². The predicted octanol–water partition coefficient (Wildman–Crippen LogP) is 2.28. The summed E-state index contributed by atoms with van der Waals surface area (Å²) in [5.41, 5.74) is 0.641. The molecule has 17 heavy (non-hydrogen) atoms. The average Bonchev–Trinajstić information content (AvgIpc) is 2.34. The van der Waals surface area contributed by atoms with Crippen LogP contribution >= 0.6 is 0 Å². The lowest BCUT2D eigenvalue weighted by molar-refractivity contribution is 0.112. The van der Waals surface area contributed by atoms with Crippen LogP contribution in [-0.2, 0) is 4.74 Å². The molecule has 0 atom stereocenters. The summed E-state index contributed by atoms with van der Waals surface area (Å²) in [6.45, 7) is 5.05. The molecule has 0 amide bonds. The first-order valence-corrected chi connectivity index (χ1v) is 5.33. The molecule has 0 heterocycles. The van der Waals surface area contributed by atoms with Crippen molar-refractivity contribution in [2.75, 3.05) is 31.7 Å². The number of anilines is 1. The Bertz CT molecular complexity index is 393. The number of nitrogens with zero attached hydrogens (tertiary/aromatic N) is 1. The van der Waals surface area contributed by atoms with Crippen LogP contribution in [0.2, 0.25) is 0 Å². The molecule has 4 heteroatoms. The molecule has 0 aliphatic heterocycles. The predicted molar refractivity (Wildman–Crippen MR) is 66.1 cm³/mol. The summed E-state index contributed by atoms with van der Waals surface area (Å²) in [6.07, 6.45) is 2.32. The molecule has 0 unspecified atom stereocenters. The molecule has 0 aromatic heterocycles. The molecule has 92 valence electrons. The highest BCUT2D eigenvalue weighted by Gasteiger charge is 2.14. The monoisotopic (exact) mass is 237 g/mol. The number of carbonyl (C=O) groups is 1. The van der Waals surface area contributed by atoms with Gasteiger partial charge in [-0.15, -0.1) is 6.58 Å². The minimum atomic E-state index is -0.410. The molecule has 1 rings (SSSR count). The lowest BCUT2D eigenvalue weighted by Gasteiger charge is -2.24. The standard InChI is InChI=1S/C13H16FNO2/c1-3-7-15(8-9-17-2)13-11(10-16)5-4-6-12(13)14/h3-6,10H,1,7-9H2,2H3. The molecule has 3 nitrogen and oxygen atoms in total. The van der Waals surface area contributed by atoms with E-state index in [1.165, 1.54) is 12.1 Å². The topological polar surface area (TPSA) is 29.5 Å². The number of aldehydes is 1. The third kappa shape index (κ3) is 3.39. The Balaban J connectivity index is 3.06. The molecule has 1 aromatic rings. The minimum absolute atomic E-state index is 0.305. The number of methoxy groups -OCH3 is 1. The van der Waals surface area contributed by atoms with E-state index in [4.69, 9.17) is 4.74 Å². The van der Waals surface area contributed by atoms with E-state index in [2.05, 4.69) is 6.58 Å². The van der Waals surface area contributed by atoms with Gasteiger partial charge in [-0.25, -0.2) is 4.39 Å². The highest BCUT2D eigenvalue weighted by molar-refractivity contribution is 5.84. The number of hydrogen-bond donors (Lipinski definition) is 0. The van der Waals surface area contributed by atoms with Crippen LogP contribution in [-0.4, -0.2) is 33.1 Å². The van der Waals surface area contributed by atoms with Crippen LogP contribution in [0.15, 0.2) is 30.9 Å². The van der Waals surface area contributed by atoms with E-state index in [9.17, 15) is 9.18 Å². The van der Waals surface area contributed by atoms with Gasteiger partial charge in [-0.3, -0.25) is 4.79 Å². The van der Waals surface area contributed by atoms with Crippen LogP contribution < -0.4 is 4.90 Å². The van der Waals surface area contributed by atoms with E-state index >= 15 is 0 Å². The highest BCUT2D eigenvalue weighted by atomic mass is 19.1. The zero-order valence-electron chi connectivity index (χ0n) is 9.86. The molecular formula is C13H16FNO2. The fourth-order valence-electron chi connectivity index (χ4n) is 1.61. The summed E-state index contributed by atoms with van der Waals surface area (Å²) in [7, 11) is 1.58. The van der Waals surface area contributed by atoms with E-state index in [0.717, 1.165) is 0 Å². The van der Waals surface area contributed by atoms with Gasteiger partial charge in [0.1, 0.15) is 5.82 Å². The SMILES string of the molecule is C=CCN(CCOC)c1c(F)cccc1C=O. The quantitative estimate of drug-likeness (QED) is 0.538. The van der Waals surface area contributed by atoms with Crippen molar-refractivity contribution in [1.29, 1.82) is 0 Å². The second-order valence-electron chi connectivity index (χ2n) is 3.52. The Kier molecular flexibility index (Phi) is 5.36. The maximum atomic E-state index is 13.8. The van der Waals surface area contributed by atoms with Crippen molar-refractivity contribution in [3.63, 3.8) is 0 Å². The molecule has 0 saturated carbocycles. The van der Waals surface area contributed by atoms with Gasteiger partial charge in [0, 0.05) is 25.8 Å². The second kappa shape index (κ2) is 6.81. The minimum Gasteiger partial charge on any atom is -0.383 e. The Morgan fingerprint density at radius 2 is 2.29 bits per heavy atom. The van der Waals surface area contributed by atoms with Crippen LogP contribution in [0.25, 0.3) is 0 Å². The largest absolute Gasteiger partial charge is 0.383 e. The third-order valence-corrected chi connectivity index (χ3v) is 2.38. The number of benzene rings is 1. The normalized spacial score (nSPS) is 10.0. The molecule has 0 aliphatic carbocycles. The second-order valence-corrected chi connectivity index (χ2v) is 3.52. The van der Waals surface area contributed by atoms with Crippen molar-refractivity contribution in [1.82, 2.24) is 0 Å². The first-order valence-electron chi connectivity index (χ1n) is 5.33. The third-order valence-electron chi connectivity index (χ3n) is 2.38. The van der Waals surface area contributed by atoms with Crippen LogP contribution in [0.5, 0.6) is 0 Å². The van der Waals surface area contributed by atoms with Gasteiger partial charge in [-0.2, -0.15) is 0 Å². The van der Waals surface area contributed by atoms with E-state index in [-0.39, 0.29) is 0 Å². The van der Waals surface area contributed by atoms with Gasteiger partial charge < -0.3 is 9.64 Å². The van der Waals surface area contributed by atoms with Crippen molar-refractivity contribution in [3.05, 3.63) is 42.2 Å². The Morgan fingerprint density at radius 1 is 1.53 bits per heavy atom. The van der Waals surface area contributed by atoms with Gasteiger partial charge in [-0.1, -0.05) is 12.1 Å². The maximum absolute atomic E-state index is 13.8. The molecule has 1 aromatic carbocycles. The van der Waals surface area contributed by atoms with Gasteiger partial charge >= 0.3 is 0 Å². The van der Waals surface area contributed by atoms with Crippen molar-refractivity contribution < 1.29 is 13.9 Å². The number of rotatable bonds is 7. The molecular weight excluding hydrogens is 221 g/mol. The molecule has 0 bridgehead atoms. The summed E-state index contributed by atoms with van der Waals surface area (Å²) in [5, 5.41) is 0. The zero-order chi connectivity index (χ0) is 12.7. The van der Waals surface area contributed by atoms with Crippen LogP contribution in [0.3, 0.4) is 0 Å². The molecule has 0 saturated heterocycles. The molecule has 0 N–H and O–H groups in total. The van der Waals surface area contributed by atoms with Crippen molar-refractivity contribution >= 4 is 12.0 Å². The van der Waals surface area contributed by atoms with Gasteiger partial charge in [0.15, 0.2) is 6.29 Å². The van der Waals surface area contributed by atoms with Gasteiger partial charge in [0.25, 0.3) is 0 Å². The van der Waals surface area contributed by atoms with E-state index < -0.39 is 5.82 Å². The lowest BCUT2D eigenvalue weighted by atomic mass is 10.1. The molecule has 0 radical (unpaired) electrons. The number of hydrogen-bond acceptors (Lipinski definition) is 3. The molecule has 0 spiro atoms. The summed E-state index contributed by atoms with van der Waals surface area (Å²) < 4.78 is 18.7. The average molecular weight is 237 g/mol. The zero-order valence-corrected chi connectivity index (χ0v) is 9.86. The van der Waals surface area contributed by atoms with Crippen LogP contribution in [0.4, 0.5) is 10.1 Å². The van der Waals surface area contributed by atoms with E-state index in [0.29, 0.717) is 37.2 Å². The fourth-order valence-corrected chi connectivity index (χ4v) is 1.61.